The number of likely N-dealkylation sites (N-methyl/N-ethyl adjacent to an activating group) is 1. The Bertz CT molecular complexity index is 1020. The van der Waals surface area contributed by atoms with Gasteiger partial charge >= 0.3 is 18.3 Å². The van der Waals surface area contributed by atoms with E-state index >= 15 is 0 Å². The Balaban J connectivity index is 2.23. The number of methoxy groups -OCH3 is 1. The number of hydrogen-bond donors (Lipinski definition) is 1. The number of likely N-dealkylation sites (tertiary alicyclic amines) is 1. The molecule has 2 amide bonds. The molecule has 12 nitrogen and oxygen atoms in total. The highest BCUT2D eigenvalue weighted by Gasteiger charge is 2.50. The largest absolute Gasteiger partial charge is 0.509 e. The van der Waals surface area contributed by atoms with Gasteiger partial charge in [0.1, 0.15) is 17.0 Å². The van der Waals surface area contributed by atoms with Crippen LogP contribution in [-0.4, -0.2) is 111 Å². The highest BCUT2D eigenvalue weighted by atomic mass is 16.7. The highest BCUT2D eigenvalue weighted by molar-refractivity contribution is 5.71. The first-order valence-electron chi connectivity index (χ1n) is 14.9. The first-order valence-corrected chi connectivity index (χ1v) is 14.9. The van der Waals surface area contributed by atoms with Crippen LogP contribution < -0.4 is 10.1 Å². The van der Waals surface area contributed by atoms with E-state index in [0.29, 0.717) is 25.4 Å². The summed E-state index contributed by atoms with van der Waals surface area (Å²) >= 11 is 0. The fraction of sp³-hybridized carbons (Fsp3) is 0.710. The van der Waals surface area contributed by atoms with Gasteiger partial charge in [0, 0.05) is 13.1 Å². The summed E-state index contributed by atoms with van der Waals surface area (Å²) in [6, 6.07) is 6.63. The van der Waals surface area contributed by atoms with Crippen molar-refractivity contribution in [3.63, 3.8) is 0 Å². The molecule has 43 heavy (non-hydrogen) atoms. The molecule has 1 heterocycles. The minimum Gasteiger partial charge on any atom is -0.497 e. The Morgan fingerprint density at radius 1 is 0.930 bits per heavy atom. The van der Waals surface area contributed by atoms with Gasteiger partial charge in [-0.2, -0.15) is 0 Å². The Hall–Kier alpha value is -3.25. The minimum atomic E-state index is -1.01. The van der Waals surface area contributed by atoms with Crippen molar-refractivity contribution in [2.24, 2.45) is 0 Å². The van der Waals surface area contributed by atoms with Crippen LogP contribution in [0.2, 0.25) is 0 Å². The second-order valence-electron chi connectivity index (χ2n) is 12.3. The zero-order valence-corrected chi connectivity index (χ0v) is 27.3. The van der Waals surface area contributed by atoms with Gasteiger partial charge < -0.3 is 38.6 Å². The van der Waals surface area contributed by atoms with E-state index in [4.69, 9.17) is 28.4 Å². The van der Waals surface area contributed by atoms with Gasteiger partial charge in [-0.3, -0.25) is 4.90 Å². The third-order valence-electron chi connectivity index (χ3n) is 6.60. The average Bonchev–Trinajstić information content (AvgIpc) is 3.22. The lowest BCUT2D eigenvalue weighted by atomic mass is 10.0. The fourth-order valence-corrected chi connectivity index (χ4v) is 4.50. The number of carbonyl (C=O) groups excluding carboxylic acids is 3. The summed E-state index contributed by atoms with van der Waals surface area (Å²) in [4.78, 5) is 42.7. The summed E-state index contributed by atoms with van der Waals surface area (Å²) < 4.78 is 33.4. The van der Waals surface area contributed by atoms with E-state index in [9.17, 15) is 14.4 Å². The van der Waals surface area contributed by atoms with E-state index in [1.807, 2.05) is 12.1 Å². The Labute approximate surface area is 256 Å². The molecule has 12 heteroatoms. The molecule has 2 rings (SSSR count). The van der Waals surface area contributed by atoms with E-state index in [1.165, 1.54) is 4.90 Å². The molecule has 0 spiro atoms. The van der Waals surface area contributed by atoms with E-state index in [-0.39, 0.29) is 13.1 Å². The second-order valence-corrected chi connectivity index (χ2v) is 12.3. The third kappa shape index (κ3) is 12.9. The Kier molecular flexibility index (Phi) is 13.8. The van der Waals surface area contributed by atoms with Crippen LogP contribution >= 0.6 is 0 Å². The van der Waals surface area contributed by atoms with Gasteiger partial charge in [-0.05, 0) is 78.7 Å². The second kappa shape index (κ2) is 16.6. The Morgan fingerprint density at radius 2 is 1.56 bits per heavy atom. The maximum Gasteiger partial charge on any atom is 0.509 e. The van der Waals surface area contributed by atoms with Crippen molar-refractivity contribution in [2.75, 3.05) is 53.0 Å². The van der Waals surface area contributed by atoms with Crippen LogP contribution in [-0.2, 0) is 30.1 Å². The minimum absolute atomic E-state index is 0.0542. The van der Waals surface area contributed by atoms with Crippen molar-refractivity contribution in [1.29, 1.82) is 0 Å². The quantitative estimate of drug-likeness (QED) is 0.192. The number of nitrogens with one attached hydrogen (secondary N) is 1. The number of rotatable bonds is 13. The van der Waals surface area contributed by atoms with Crippen molar-refractivity contribution in [3.05, 3.63) is 29.8 Å². The summed E-state index contributed by atoms with van der Waals surface area (Å²) in [6.07, 6.45) is -3.98. The van der Waals surface area contributed by atoms with Gasteiger partial charge in [0.2, 0.25) is 0 Å². The lowest BCUT2D eigenvalue weighted by molar-refractivity contribution is -0.0519. The number of nitrogens with zero attached hydrogens (tertiary/aromatic N) is 2. The number of hydrogen-bond acceptors (Lipinski definition) is 10. The molecular weight excluding hydrogens is 558 g/mol. The van der Waals surface area contributed by atoms with E-state index in [0.717, 1.165) is 25.2 Å². The molecule has 3 atom stereocenters. The molecule has 1 fully saturated rings. The number of alkyl carbamates (subject to hydrolysis) is 1. The molecule has 244 valence electrons. The number of ether oxygens (including phenoxy) is 6. The smallest absolute Gasteiger partial charge is 0.497 e. The molecule has 1 N–H and O–H groups in total. The summed E-state index contributed by atoms with van der Waals surface area (Å²) in [5.74, 6) is 0.678. The van der Waals surface area contributed by atoms with Crippen molar-refractivity contribution < 1.29 is 42.8 Å². The van der Waals surface area contributed by atoms with E-state index < -0.39 is 47.8 Å². The molecule has 0 unspecified atom stereocenters. The molecular formula is C31H51N3O9. The third-order valence-corrected chi connectivity index (χ3v) is 6.60. The number of amides is 2. The molecule has 0 radical (unpaired) electrons. The van der Waals surface area contributed by atoms with Crippen LogP contribution in [0.4, 0.5) is 14.4 Å². The molecule has 0 bridgehead atoms. The first-order chi connectivity index (χ1) is 20.2. The predicted octanol–water partition coefficient (Wildman–Crippen LogP) is 4.63. The number of benzene rings is 1. The van der Waals surface area contributed by atoms with Crippen LogP contribution in [0, 0.1) is 0 Å². The van der Waals surface area contributed by atoms with Crippen LogP contribution in [0.5, 0.6) is 5.75 Å². The van der Waals surface area contributed by atoms with Gasteiger partial charge in [-0.25, -0.2) is 14.4 Å². The standard InChI is InChI=1S/C31H51N3O9/c1-10-33(11-2)17-19-39-18-16-32-27(35)41-26-24(20-22-12-14-23(38-9)15-13-22)34(28(36)42-30(3,4)5)21-25(26)40-29(37)43-31(6,7)8/h12-15,24-26H,10-11,16-21H2,1-9H3,(H,32,35)/t24-,25+,26+/m1/s1. The molecule has 1 aliphatic rings. The van der Waals surface area contributed by atoms with Crippen LogP contribution in [0.15, 0.2) is 24.3 Å². The molecule has 1 aromatic rings. The topological polar surface area (TPSA) is 125 Å². The molecule has 1 aromatic carbocycles. The van der Waals surface area contributed by atoms with Crippen LogP contribution in [0.1, 0.15) is 61.0 Å². The lowest BCUT2D eigenvalue weighted by Gasteiger charge is -2.30. The van der Waals surface area contributed by atoms with Gasteiger partial charge in [0.05, 0.1) is 32.9 Å². The van der Waals surface area contributed by atoms with Gasteiger partial charge in [-0.1, -0.05) is 26.0 Å². The van der Waals surface area contributed by atoms with Gasteiger partial charge in [-0.15, -0.1) is 0 Å². The van der Waals surface area contributed by atoms with Crippen molar-refractivity contribution in [3.8, 4) is 5.75 Å². The van der Waals surface area contributed by atoms with Crippen molar-refractivity contribution >= 4 is 18.3 Å². The zero-order valence-electron chi connectivity index (χ0n) is 27.3. The molecule has 0 aliphatic carbocycles. The zero-order chi connectivity index (χ0) is 32.2. The molecule has 1 saturated heterocycles. The van der Waals surface area contributed by atoms with E-state index in [1.54, 1.807) is 60.8 Å². The van der Waals surface area contributed by atoms with Crippen LogP contribution in [0.3, 0.4) is 0 Å². The summed E-state index contributed by atoms with van der Waals surface area (Å²) in [6.45, 7) is 18.3. The number of carbonyl (C=O) groups is 3. The van der Waals surface area contributed by atoms with Gasteiger partial charge in [0.25, 0.3) is 0 Å². The van der Waals surface area contributed by atoms with E-state index in [2.05, 4.69) is 24.1 Å². The average molecular weight is 610 g/mol. The molecule has 0 aromatic heterocycles. The Morgan fingerprint density at radius 3 is 2.12 bits per heavy atom. The summed E-state index contributed by atoms with van der Waals surface area (Å²) in [5, 5.41) is 2.70. The highest BCUT2D eigenvalue weighted by Crippen LogP contribution is 2.30. The first kappa shape index (κ1) is 35.9. The normalized spacial score (nSPS) is 18.7. The monoisotopic (exact) mass is 609 g/mol. The maximum atomic E-state index is 13.4. The van der Waals surface area contributed by atoms with Crippen molar-refractivity contribution in [2.45, 2.75) is 91.3 Å². The SMILES string of the molecule is CCN(CC)CCOCCNC(=O)O[C@@H]1[C@@H](OC(=O)OC(C)(C)C)CN(C(=O)OC(C)(C)C)[C@@H]1Cc1ccc(OC)cc1. The summed E-state index contributed by atoms with van der Waals surface area (Å²) in [5.41, 5.74) is -0.722. The summed E-state index contributed by atoms with van der Waals surface area (Å²) in [7, 11) is 1.58. The molecule has 1 aliphatic heterocycles. The van der Waals surface area contributed by atoms with Crippen LogP contribution in [0.25, 0.3) is 0 Å². The fourth-order valence-electron chi connectivity index (χ4n) is 4.50. The van der Waals surface area contributed by atoms with Crippen molar-refractivity contribution in [1.82, 2.24) is 15.1 Å². The van der Waals surface area contributed by atoms with Gasteiger partial charge in [0.15, 0.2) is 12.2 Å². The maximum absolute atomic E-state index is 13.4. The lowest BCUT2D eigenvalue weighted by Crippen LogP contribution is -2.46. The predicted molar refractivity (Wildman–Crippen MR) is 161 cm³/mol. The molecule has 0 saturated carbocycles.